The first kappa shape index (κ1) is 12.9. The number of hydroxylamine groups is 2. The van der Waals surface area contributed by atoms with E-state index in [1.54, 1.807) is 31.4 Å². The molecule has 18 heavy (non-hydrogen) atoms. The summed E-state index contributed by atoms with van der Waals surface area (Å²) in [6, 6.07) is 6.85. The number of benzene rings is 1. The van der Waals surface area contributed by atoms with Crippen molar-refractivity contribution < 1.29 is 19.1 Å². The molecule has 1 aromatic carbocycles. The van der Waals surface area contributed by atoms with E-state index in [-0.39, 0.29) is 12.2 Å². The normalized spacial score (nSPS) is 19.8. The second-order valence-electron chi connectivity index (χ2n) is 4.08. The highest BCUT2D eigenvalue weighted by molar-refractivity contribution is 5.89. The number of methoxy groups -OCH3 is 2. The maximum atomic E-state index is 11.3. The molecule has 0 N–H and O–H groups in total. The van der Waals surface area contributed by atoms with Crippen molar-refractivity contribution in [3.8, 4) is 5.75 Å². The quantitative estimate of drug-likeness (QED) is 0.764. The average Bonchev–Trinajstić information content (AvgIpc) is 2.86. The summed E-state index contributed by atoms with van der Waals surface area (Å²) in [6.07, 6.45) is 2.03. The van der Waals surface area contributed by atoms with Gasteiger partial charge in [0.1, 0.15) is 12.0 Å². The van der Waals surface area contributed by atoms with Gasteiger partial charge in [-0.05, 0) is 37.1 Å². The summed E-state index contributed by atoms with van der Waals surface area (Å²) in [5.41, 5.74) is 0.509. The first-order valence-electron chi connectivity index (χ1n) is 5.90. The van der Waals surface area contributed by atoms with Gasteiger partial charge in [0.25, 0.3) is 0 Å². The molecule has 0 aromatic heterocycles. The van der Waals surface area contributed by atoms with Crippen molar-refractivity contribution in [1.29, 1.82) is 0 Å². The predicted octanol–water partition coefficient (Wildman–Crippen LogP) is 1.84. The van der Waals surface area contributed by atoms with Gasteiger partial charge in [-0.2, -0.15) is 0 Å². The molecule has 1 fully saturated rings. The average molecular weight is 251 g/mol. The third-order valence-electron chi connectivity index (χ3n) is 2.92. The molecule has 5 heteroatoms. The number of esters is 1. The fourth-order valence-electron chi connectivity index (χ4n) is 1.95. The van der Waals surface area contributed by atoms with Crippen LogP contribution in [-0.2, 0) is 9.47 Å². The van der Waals surface area contributed by atoms with Crippen LogP contribution in [0.5, 0.6) is 5.75 Å². The number of hydrogen-bond donors (Lipinski definition) is 0. The molecule has 0 radical (unpaired) electrons. The molecule has 0 amide bonds. The lowest BCUT2D eigenvalue weighted by Gasteiger charge is -2.22. The Balaban J connectivity index is 2.00. The zero-order chi connectivity index (χ0) is 13.0. The van der Waals surface area contributed by atoms with Crippen LogP contribution in [0.25, 0.3) is 0 Å². The minimum atomic E-state index is -0.350. The molecule has 1 aliphatic heterocycles. The first-order chi connectivity index (χ1) is 8.74. The topological polar surface area (TPSA) is 48.0 Å². The Bertz CT molecular complexity index is 404. The largest absolute Gasteiger partial charge is 0.465 e. The number of ether oxygens (including phenoxy) is 2. The Hall–Kier alpha value is -1.59. The SMILES string of the molecule is COC(=O)c1ccc(ON2CCCC2OC)cc1. The fourth-order valence-corrected chi connectivity index (χ4v) is 1.95. The van der Waals surface area contributed by atoms with Crippen LogP contribution < -0.4 is 4.84 Å². The monoisotopic (exact) mass is 251 g/mol. The van der Waals surface area contributed by atoms with Gasteiger partial charge in [-0.15, -0.1) is 5.06 Å². The molecule has 1 saturated heterocycles. The first-order valence-corrected chi connectivity index (χ1v) is 5.90. The molecule has 1 unspecified atom stereocenters. The second-order valence-corrected chi connectivity index (χ2v) is 4.08. The van der Waals surface area contributed by atoms with Crippen molar-refractivity contribution in [2.75, 3.05) is 20.8 Å². The summed E-state index contributed by atoms with van der Waals surface area (Å²) in [6.45, 7) is 0.845. The van der Waals surface area contributed by atoms with Crippen LogP contribution >= 0.6 is 0 Å². The number of nitrogens with zero attached hydrogens (tertiary/aromatic N) is 1. The van der Waals surface area contributed by atoms with E-state index >= 15 is 0 Å². The molecular weight excluding hydrogens is 234 g/mol. The maximum Gasteiger partial charge on any atom is 0.337 e. The van der Waals surface area contributed by atoms with Crippen LogP contribution in [0.4, 0.5) is 0 Å². The van der Waals surface area contributed by atoms with Crippen molar-refractivity contribution in [3.63, 3.8) is 0 Å². The molecule has 0 aliphatic carbocycles. The molecule has 0 spiro atoms. The van der Waals surface area contributed by atoms with E-state index in [1.165, 1.54) is 7.11 Å². The molecule has 0 saturated carbocycles. The summed E-state index contributed by atoms with van der Waals surface area (Å²) in [4.78, 5) is 17.0. The van der Waals surface area contributed by atoms with Gasteiger partial charge in [-0.1, -0.05) is 0 Å². The lowest BCUT2D eigenvalue weighted by atomic mass is 10.2. The van der Waals surface area contributed by atoms with Crippen LogP contribution in [0.1, 0.15) is 23.2 Å². The Kier molecular flexibility index (Phi) is 4.17. The summed E-state index contributed by atoms with van der Waals surface area (Å²) in [7, 11) is 3.03. The van der Waals surface area contributed by atoms with Crippen molar-refractivity contribution in [3.05, 3.63) is 29.8 Å². The van der Waals surface area contributed by atoms with Gasteiger partial charge in [0.15, 0.2) is 0 Å². The summed E-state index contributed by atoms with van der Waals surface area (Å²) < 4.78 is 9.94. The van der Waals surface area contributed by atoms with E-state index in [9.17, 15) is 4.79 Å². The van der Waals surface area contributed by atoms with Crippen molar-refractivity contribution in [2.24, 2.45) is 0 Å². The van der Waals surface area contributed by atoms with Gasteiger partial charge < -0.3 is 14.3 Å². The third kappa shape index (κ3) is 2.80. The van der Waals surface area contributed by atoms with Gasteiger partial charge in [0.05, 0.1) is 12.7 Å². The predicted molar refractivity (Wildman–Crippen MR) is 65.1 cm³/mol. The standard InChI is InChI=1S/C13H17NO4/c1-16-12-4-3-9-14(12)18-11-7-5-10(6-8-11)13(15)17-2/h5-8,12H,3-4,9H2,1-2H3. The minimum Gasteiger partial charge on any atom is -0.465 e. The Morgan fingerprint density at radius 3 is 2.61 bits per heavy atom. The van der Waals surface area contributed by atoms with Crippen LogP contribution in [-0.4, -0.2) is 38.0 Å². The molecule has 2 rings (SSSR count). The van der Waals surface area contributed by atoms with Gasteiger partial charge in [-0.25, -0.2) is 4.79 Å². The van der Waals surface area contributed by atoms with E-state index < -0.39 is 0 Å². The zero-order valence-corrected chi connectivity index (χ0v) is 10.6. The van der Waals surface area contributed by atoms with E-state index in [2.05, 4.69) is 4.74 Å². The highest BCUT2D eigenvalue weighted by Gasteiger charge is 2.26. The summed E-state index contributed by atoms with van der Waals surface area (Å²) in [5.74, 6) is 0.337. The number of carbonyl (C=O) groups excluding carboxylic acids is 1. The zero-order valence-electron chi connectivity index (χ0n) is 10.6. The van der Waals surface area contributed by atoms with Crippen LogP contribution in [0.3, 0.4) is 0 Å². The highest BCUT2D eigenvalue weighted by Crippen LogP contribution is 2.21. The molecule has 0 bridgehead atoms. The lowest BCUT2D eigenvalue weighted by molar-refractivity contribution is -0.158. The lowest BCUT2D eigenvalue weighted by Crippen LogP contribution is -2.33. The number of rotatable bonds is 4. The smallest absolute Gasteiger partial charge is 0.337 e. The highest BCUT2D eigenvalue weighted by atomic mass is 16.7. The van der Waals surface area contributed by atoms with Gasteiger partial charge in [0.2, 0.25) is 0 Å². The number of carbonyl (C=O) groups is 1. The molecule has 98 valence electrons. The van der Waals surface area contributed by atoms with Crippen LogP contribution in [0.15, 0.2) is 24.3 Å². The Morgan fingerprint density at radius 2 is 2.00 bits per heavy atom. The molecule has 1 heterocycles. The van der Waals surface area contributed by atoms with E-state index in [1.807, 2.05) is 5.06 Å². The van der Waals surface area contributed by atoms with Crippen LogP contribution in [0, 0.1) is 0 Å². The van der Waals surface area contributed by atoms with Crippen molar-refractivity contribution in [1.82, 2.24) is 5.06 Å². The molecule has 1 aliphatic rings. The Morgan fingerprint density at radius 1 is 1.28 bits per heavy atom. The van der Waals surface area contributed by atoms with Crippen LogP contribution in [0.2, 0.25) is 0 Å². The second kappa shape index (κ2) is 5.84. The van der Waals surface area contributed by atoms with E-state index in [4.69, 9.17) is 9.57 Å². The minimum absolute atomic E-state index is 0.00489. The van der Waals surface area contributed by atoms with Gasteiger partial charge in [0, 0.05) is 13.7 Å². The van der Waals surface area contributed by atoms with E-state index in [0.29, 0.717) is 11.3 Å². The van der Waals surface area contributed by atoms with Gasteiger partial charge >= 0.3 is 5.97 Å². The van der Waals surface area contributed by atoms with Gasteiger partial charge in [-0.3, -0.25) is 0 Å². The molecule has 5 nitrogen and oxygen atoms in total. The fraction of sp³-hybridized carbons (Fsp3) is 0.462. The third-order valence-corrected chi connectivity index (χ3v) is 2.92. The molecule has 1 aromatic rings. The summed E-state index contributed by atoms with van der Waals surface area (Å²) >= 11 is 0. The summed E-state index contributed by atoms with van der Waals surface area (Å²) in [5, 5.41) is 1.81. The Labute approximate surface area is 106 Å². The maximum absolute atomic E-state index is 11.3. The van der Waals surface area contributed by atoms with E-state index in [0.717, 1.165) is 19.4 Å². The molecular formula is C13H17NO4. The molecule has 1 atom stereocenters. The van der Waals surface area contributed by atoms with Crippen molar-refractivity contribution in [2.45, 2.75) is 19.1 Å². The number of hydrogen-bond acceptors (Lipinski definition) is 5. The van der Waals surface area contributed by atoms with Crippen molar-refractivity contribution >= 4 is 5.97 Å².